The topological polar surface area (TPSA) is 113 Å². The second-order valence-corrected chi connectivity index (χ2v) is 9.04. The van der Waals surface area contributed by atoms with Crippen molar-refractivity contribution in [3.63, 3.8) is 0 Å². The zero-order chi connectivity index (χ0) is 20.8. The van der Waals surface area contributed by atoms with Gasteiger partial charge in [-0.1, -0.05) is 0 Å². The molecule has 0 radical (unpaired) electrons. The molecule has 10 nitrogen and oxygen atoms in total. The Bertz CT molecular complexity index is 486. The summed E-state index contributed by atoms with van der Waals surface area (Å²) in [4.78, 5) is 13.4. The fourth-order valence-electron chi connectivity index (χ4n) is 2.16. The zero-order valence-electron chi connectivity index (χ0n) is 17.0. The number of carbonyl (C=O) groups excluding carboxylic acids is 1. The molecule has 1 N–H and O–H groups in total. The van der Waals surface area contributed by atoms with Crippen LogP contribution in [-0.4, -0.2) is 69.8 Å². The van der Waals surface area contributed by atoms with Crippen LogP contribution in [0.25, 0.3) is 0 Å². The van der Waals surface area contributed by atoms with E-state index in [1.165, 1.54) is 0 Å². The fraction of sp³-hybridized carbons (Fsp3) is 0.933. The highest BCUT2D eigenvalue weighted by Gasteiger charge is 2.29. The fourth-order valence-corrected chi connectivity index (χ4v) is 5.23. The van der Waals surface area contributed by atoms with E-state index in [1.807, 2.05) is 0 Å². The molecule has 0 saturated heterocycles. The molecule has 0 rings (SSSR count). The third-order valence-electron chi connectivity index (χ3n) is 3.01. The van der Waals surface area contributed by atoms with E-state index < -0.39 is 21.3 Å². The maximum absolute atomic E-state index is 12.8. The molecule has 0 bridgehead atoms. The number of hydrogen-bond acceptors (Lipinski definition) is 9. The Kier molecular flexibility index (Phi) is 14.5. The summed E-state index contributed by atoms with van der Waals surface area (Å²) in [6.07, 6.45) is -0.0945. The molecule has 0 aliphatic rings. The number of nitrogens with one attached hydrogen (secondary N) is 1. The molecule has 0 aromatic heterocycles. The van der Waals surface area contributed by atoms with E-state index in [0.29, 0.717) is 0 Å². The lowest BCUT2D eigenvalue weighted by atomic mass is 10.5. The van der Waals surface area contributed by atoms with Crippen molar-refractivity contribution in [2.24, 2.45) is 0 Å². The molecule has 0 fully saturated rings. The van der Waals surface area contributed by atoms with Crippen molar-refractivity contribution in [1.29, 1.82) is 0 Å². The van der Waals surface area contributed by atoms with E-state index in [9.17, 15) is 13.9 Å². The first-order valence-corrected chi connectivity index (χ1v) is 12.4. The summed E-state index contributed by atoms with van der Waals surface area (Å²) in [6, 6.07) is 0. The molecule has 162 valence electrons. The minimum absolute atomic E-state index is 0.0945. The van der Waals surface area contributed by atoms with E-state index in [2.05, 4.69) is 5.09 Å². The Morgan fingerprint density at radius 1 is 0.852 bits per heavy atom. The SMILES string of the molecule is CCOC(=O)CN(CCNP(=O)(OCC)OCC)CP(=O)(OCC)OCC. The standard InChI is InChI=1S/C15H34N2O8P2/c1-6-21-15(18)13-17(14-26(19,22-7-2)23-8-3)12-11-16-27(20,24-9-4)25-10-5/h6-14H2,1-5H3,(H,16,20). The van der Waals surface area contributed by atoms with Crippen LogP contribution in [0.15, 0.2) is 0 Å². The molecule has 0 spiro atoms. The van der Waals surface area contributed by atoms with Crippen LogP contribution in [-0.2, 0) is 36.8 Å². The normalized spacial score (nSPS) is 12.5. The average molecular weight is 432 g/mol. The molecule has 27 heavy (non-hydrogen) atoms. The van der Waals surface area contributed by atoms with Crippen LogP contribution in [0.3, 0.4) is 0 Å². The summed E-state index contributed by atoms with van der Waals surface area (Å²) < 4.78 is 51.0. The molecule has 0 aromatic rings. The van der Waals surface area contributed by atoms with E-state index in [-0.39, 0.29) is 59.0 Å². The minimum atomic E-state index is -3.42. The number of carbonyl (C=O) groups is 1. The van der Waals surface area contributed by atoms with Gasteiger partial charge in [-0.05, 0) is 34.6 Å². The Balaban J connectivity index is 5.01. The molecule has 0 heterocycles. The number of hydrogen-bond donors (Lipinski definition) is 1. The Hall–Kier alpha value is -0.310. The van der Waals surface area contributed by atoms with Gasteiger partial charge in [0.1, 0.15) is 6.29 Å². The second kappa shape index (κ2) is 14.7. The van der Waals surface area contributed by atoms with Crippen LogP contribution in [0.5, 0.6) is 0 Å². The Morgan fingerprint density at radius 3 is 1.81 bits per heavy atom. The van der Waals surface area contributed by atoms with Gasteiger partial charge < -0.3 is 13.8 Å². The predicted octanol–water partition coefficient (Wildman–Crippen LogP) is 2.85. The average Bonchev–Trinajstić information content (AvgIpc) is 2.55. The van der Waals surface area contributed by atoms with Gasteiger partial charge in [0.05, 0.1) is 39.6 Å². The molecule has 0 saturated carbocycles. The maximum Gasteiger partial charge on any atom is 0.405 e. The van der Waals surface area contributed by atoms with Gasteiger partial charge in [0.2, 0.25) is 0 Å². The van der Waals surface area contributed by atoms with Crippen LogP contribution in [0.4, 0.5) is 0 Å². The van der Waals surface area contributed by atoms with Gasteiger partial charge in [-0.2, -0.15) is 0 Å². The smallest absolute Gasteiger partial charge is 0.405 e. The summed E-state index contributed by atoms with van der Waals surface area (Å²) >= 11 is 0. The van der Waals surface area contributed by atoms with Crippen molar-refractivity contribution < 1.29 is 36.8 Å². The van der Waals surface area contributed by atoms with Crippen molar-refractivity contribution in [1.82, 2.24) is 9.99 Å². The maximum atomic E-state index is 12.8. The monoisotopic (exact) mass is 432 g/mol. The van der Waals surface area contributed by atoms with Crippen molar-refractivity contribution in [2.75, 3.05) is 59.0 Å². The summed E-state index contributed by atoms with van der Waals surface area (Å²) in [5.41, 5.74) is 0. The number of nitrogens with zero attached hydrogens (tertiary/aromatic N) is 1. The molecule has 0 aliphatic heterocycles. The highest BCUT2D eigenvalue weighted by atomic mass is 31.2. The van der Waals surface area contributed by atoms with Crippen molar-refractivity contribution in [2.45, 2.75) is 34.6 Å². The van der Waals surface area contributed by atoms with Crippen LogP contribution in [0.2, 0.25) is 0 Å². The second-order valence-electron chi connectivity index (χ2n) is 5.19. The highest BCUT2D eigenvalue weighted by Crippen LogP contribution is 2.48. The summed E-state index contributed by atoms with van der Waals surface area (Å²) in [6.45, 7) is 9.96. The van der Waals surface area contributed by atoms with Gasteiger partial charge in [-0.15, -0.1) is 0 Å². The summed E-state index contributed by atoms with van der Waals surface area (Å²) in [5.74, 6) is -0.463. The largest absolute Gasteiger partial charge is 0.465 e. The lowest BCUT2D eigenvalue weighted by molar-refractivity contribution is -0.144. The molecule has 0 aromatic carbocycles. The van der Waals surface area contributed by atoms with Crippen molar-refractivity contribution in [3.05, 3.63) is 0 Å². The third kappa shape index (κ3) is 12.0. The lowest BCUT2D eigenvalue weighted by Gasteiger charge is -2.26. The van der Waals surface area contributed by atoms with E-state index in [0.717, 1.165) is 0 Å². The summed E-state index contributed by atoms with van der Waals surface area (Å²) in [7, 11) is -6.82. The van der Waals surface area contributed by atoms with Gasteiger partial charge in [0.15, 0.2) is 0 Å². The first-order chi connectivity index (χ1) is 12.8. The third-order valence-corrected chi connectivity index (χ3v) is 6.87. The van der Waals surface area contributed by atoms with Gasteiger partial charge >= 0.3 is 21.3 Å². The van der Waals surface area contributed by atoms with Crippen LogP contribution >= 0.6 is 15.3 Å². The molecule has 0 atom stereocenters. The van der Waals surface area contributed by atoms with Gasteiger partial charge in [0.25, 0.3) is 0 Å². The molecular formula is C15H34N2O8P2. The predicted molar refractivity (Wildman–Crippen MR) is 103 cm³/mol. The lowest BCUT2D eigenvalue weighted by Crippen LogP contribution is -2.37. The van der Waals surface area contributed by atoms with Crippen molar-refractivity contribution in [3.8, 4) is 0 Å². The first kappa shape index (κ1) is 26.7. The molecule has 0 aliphatic carbocycles. The van der Waals surface area contributed by atoms with Crippen molar-refractivity contribution >= 4 is 21.3 Å². The molecule has 0 unspecified atom stereocenters. The molecule has 0 amide bonds. The number of ether oxygens (including phenoxy) is 1. The van der Waals surface area contributed by atoms with E-state index in [4.69, 9.17) is 22.8 Å². The van der Waals surface area contributed by atoms with Gasteiger partial charge in [-0.3, -0.25) is 23.3 Å². The quantitative estimate of drug-likeness (QED) is 0.272. The van der Waals surface area contributed by atoms with E-state index >= 15 is 0 Å². The zero-order valence-corrected chi connectivity index (χ0v) is 18.8. The molecule has 12 heteroatoms. The minimum Gasteiger partial charge on any atom is -0.465 e. The van der Waals surface area contributed by atoms with Crippen LogP contribution < -0.4 is 5.09 Å². The Labute approximate surface area is 162 Å². The van der Waals surface area contributed by atoms with Crippen LogP contribution in [0.1, 0.15) is 34.6 Å². The van der Waals surface area contributed by atoms with Crippen LogP contribution in [0, 0.1) is 0 Å². The van der Waals surface area contributed by atoms with Gasteiger partial charge in [0, 0.05) is 13.1 Å². The Morgan fingerprint density at radius 2 is 1.37 bits per heavy atom. The highest BCUT2D eigenvalue weighted by molar-refractivity contribution is 7.53. The molecular weight excluding hydrogens is 398 g/mol. The number of esters is 1. The number of rotatable bonds is 17. The van der Waals surface area contributed by atoms with E-state index in [1.54, 1.807) is 39.5 Å². The summed E-state index contributed by atoms with van der Waals surface area (Å²) in [5, 5.41) is 2.73. The van der Waals surface area contributed by atoms with Gasteiger partial charge in [-0.25, -0.2) is 9.65 Å². The first-order valence-electron chi connectivity index (χ1n) is 9.18.